The average molecular weight is 425 g/mol. The number of hydrogen-bond acceptors (Lipinski definition) is 5. The number of rotatable bonds is 7. The molecule has 0 bridgehead atoms. The van der Waals surface area contributed by atoms with Crippen LogP contribution in [0.2, 0.25) is 0 Å². The SMILES string of the molecule is O=C(NCCN1CCn2cc(OCc3ccc(F)cc3)c(=O)cc2C1=O)c1ccco1. The van der Waals surface area contributed by atoms with Crippen LogP contribution in [-0.4, -0.2) is 40.9 Å². The second kappa shape index (κ2) is 8.86. The van der Waals surface area contributed by atoms with E-state index < -0.39 is 5.43 Å². The highest BCUT2D eigenvalue weighted by atomic mass is 19.1. The van der Waals surface area contributed by atoms with Crippen molar-refractivity contribution in [1.82, 2.24) is 14.8 Å². The summed E-state index contributed by atoms with van der Waals surface area (Å²) in [6.45, 7) is 1.60. The van der Waals surface area contributed by atoms with E-state index in [1.165, 1.54) is 30.7 Å². The zero-order valence-electron chi connectivity index (χ0n) is 16.5. The van der Waals surface area contributed by atoms with Gasteiger partial charge in [-0.25, -0.2) is 4.39 Å². The van der Waals surface area contributed by atoms with E-state index in [1.54, 1.807) is 33.7 Å². The van der Waals surface area contributed by atoms with E-state index in [0.29, 0.717) is 19.6 Å². The molecule has 0 fully saturated rings. The molecule has 8 nitrogen and oxygen atoms in total. The molecule has 0 unspecified atom stereocenters. The Balaban J connectivity index is 1.37. The lowest BCUT2D eigenvalue weighted by molar-refractivity contribution is 0.0695. The smallest absolute Gasteiger partial charge is 0.287 e. The Labute approximate surface area is 176 Å². The molecular weight excluding hydrogens is 405 g/mol. The van der Waals surface area contributed by atoms with Gasteiger partial charge in [-0.05, 0) is 29.8 Å². The van der Waals surface area contributed by atoms with Crippen LogP contribution >= 0.6 is 0 Å². The van der Waals surface area contributed by atoms with Crippen molar-refractivity contribution < 1.29 is 23.1 Å². The maximum absolute atomic E-state index is 13.0. The van der Waals surface area contributed by atoms with E-state index in [2.05, 4.69) is 5.32 Å². The topological polar surface area (TPSA) is 93.8 Å². The van der Waals surface area contributed by atoms with Crippen LogP contribution < -0.4 is 15.5 Å². The number of hydrogen-bond donors (Lipinski definition) is 1. The van der Waals surface area contributed by atoms with Crippen LogP contribution in [0.5, 0.6) is 5.75 Å². The number of halogens is 1. The number of nitrogens with one attached hydrogen (secondary N) is 1. The standard InChI is InChI=1S/C22H20FN3O5/c23-16-5-3-15(4-6-16)14-31-20-13-26-10-9-25(22(29)17(26)12-18(20)27)8-7-24-21(28)19-2-1-11-30-19/h1-6,11-13H,7-10,14H2,(H,24,28). The number of fused-ring (bicyclic) bond motifs is 1. The number of benzene rings is 1. The van der Waals surface area contributed by atoms with Crippen LogP contribution in [0.25, 0.3) is 0 Å². The Hall–Kier alpha value is -3.88. The Kier molecular flexibility index (Phi) is 5.83. The predicted octanol–water partition coefficient (Wildman–Crippen LogP) is 2.05. The summed E-state index contributed by atoms with van der Waals surface area (Å²) in [6, 6.07) is 10.2. The van der Waals surface area contributed by atoms with Crippen molar-refractivity contribution >= 4 is 11.8 Å². The van der Waals surface area contributed by atoms with Gasteiger partial charge in [0.15, 0.2) is 11.5 Å². The molecule has 4 rings (SSSR count). The third-order valence-corrected chi connectivity index (χ3v) is 4.93. The highest BCUT2D eigenvalue weighted by Gasteiger charge is 2.25. The summed E-state index contributed by atoms with van der Waals surface area (Å²) in [5.74, 6) is -0.661. The van der Waals surface area contributed by atoms with E-state index >= 15 is 0 Å². The molecule has 1 N–H and O–H groups in total. The van der Waals surface area contributed by atoms with Gasteiger partial charge >= 0.3 is 0 Å². The largest absolute Gasteiger partial charge is 0.483 e. The van der Waals surface area contributed by atoms with E-state index in [4.69, 9.17) is 9.15 Å². The molecule has 0 spiro atoms. The molecule has 3 heterocycles. The van der Waals surface area contributed by atoms with Gasteiger partial charge in [0.25, 0.3) is 11.8 Å². The minimum atomic E-state index is -0.408. The molecule has 2 aromatic heterocycles. The average Bonchev–Trinajstić information content (AvgIpc) is 3.31. The van der Waals surface area contributed by atoms with E-state index in [9.17, 15) is 18.8 Å². The van der Waals surface area contributed by atoms with Crippen molar-refractivity contribution in [3.05, 3.63) is 88.0 Å². The second-order valence-corrected chi connectivity index (χ2v) is 7.02. The van der Waals surface area contributed by atoms with Crippen LogP contribution in [0.15, 0.2) is 64.1 Å². The summed E-state index contributed by atoms with van der Waals surface area (Å²) < 4.78 is 25.3. The monoisotopic (exact) mass is 425 g/mol. The molecule has 0 aliphatic carbocycles. The number of ether oxygens (including phenoxy) is 1. The molecular formula is C22H20FN3O5. The zero-order chi connectivity index (χ0) is 21.8. The van der Waals surface area contributed by atoms with E-state index in [0.717, 1.165) is 5.56 Å². The lowest BCUT2D eigenvalue weighted by Crippen LogP contribution is -2.45. The molecule has 1 aliphatic rings. The van der Waals surface area contributed by atoms with Gasteiger partial charge in [0.2, 0.25) is 5.43 Å². The Morgan fingerprint density at radius 3 is 2.71 bits per heavy atom. The molecule has 2 amide bonds. The summed E-state index contributed by atoms with van der Waals surface area (Å²) in [5, 5.41) is 2.69. The molecule has 1 aliphatic heterocycles. The van der Waals surface area contributed by atoms with Crippen molar-refractivity contribution in [1.29, 1.82) is 0 Å². The van der Waals surface area contributed by atoms with E-state index in [1.807, 2.05) is 0 Å². The molecule has 160 valence electrons. The highest BCUT2D eigenvalue weighted by Crippen LogP contribution is 2.15. The predicted molar refractivity (Wildman–Crippen MR) is 108 cm³/mol. The second-order valence-electron chi connectivity index (χ2n) is 7.02. The first-order valence-electron chi connectivity index (χ1n) is 9.74. The van der Waals surface area contributed by atoms with Gasteiger partial charge in [-0.15, -0.1) is 0 Å². The summed E-state index contributed by atoms with van der Waals surface area (Å²) in [7, 11) is 0. The Morgan fingerprint density at radius 2 is 1.97 bits per heavy atom. The molecule has 1 aromatic carbocycles. The first kappa shape index (κ1) is 20.4. The fourth-order valence-corrected chi connectivity index (χ4v) is 3.28. The summed E-state index contributed by atoms with van der Waals surface area (Å²) >= 11 is 0. The number of aromatic nitrogens is 1. The summed E-state index contributed by atoms with van der Waals surface area (Å²) in [5.41, 5.74) is 0.583. The Morgan fingerprint density at radius 1 is 1.16 bits per heavy atom. The van der Waals surface area contributed by atoms with Crippen molar-refractivity contribution in [3.63, 3.8) is 0 Å². The first-order valence-corrected chi connectivity index (χ1v) is 9.74. The van der Waals surface area contributed by atoms with Gasteiger partial charge in [-0.2, -0.15) is 0 Å². The maximum Gasteiger partial charge on any atom is 0.287 e. The fraction of sp³-hybridized carbons (Fsp3) is 0.227. The van der Waals surface area contributed by atoms with Gasteiger partial charge in [0.1, 0.15) is 18.1 Å². The number of nitrogens with zero attached hydrogens (tertiary/aromatic N) is 2. The van der Waals surface area contributed by atoms with Crippen molar-refractivity contribution in [2.24, 2.45) is 0 Å². The quantitative estimate of drug-likeness (QED) is 0.625. The van der Waals surface area contributed by atoms with Crippen molar-refractivity contribution in [2.75, 3.05) is 19.6 Å². The first-order chi connectivity index (χ1) is 15.0. The van der Waals surface area contributed by atoms with E-state index in [-0.39, 0.29) is 48.0 Å². The number of carbonyl (C=O) groups is 2. The summed E-state index contributed by atoms with van der Waals surface area (Å²) in [4.78, 5) is 38.7. The molecule has 9 heteroatoms. The maximum atomic E-state index is 13.0. The number of carbonyl (C=O) groups excluding carboxylic acids is 2. The third kappa shape index (κ3) is 4.66. The van der Waals surface area contributed by atoms with Gasteiger partial charge in [0.05, 0.1) is 12.5 Å². The van der Waals surface area contributed by atoms with Crippen molar-refractivity contribution in [2.45, 2.75) is 13.2 Å². The Bertz CT molecular complexity index is 1140. The minimum absolute atomic E-state index is 0.115. The highest BCUT2D eigenvalue weighted by molar-refractivity contribution is 5.93. The molecule has 0 radical (unpaired) electrons. The molecule has 3 aromatic rings. The van der Waals surface area contributed by atoms with Crippen LogP contribution in [0.4, 0.5) is 4.39 Å². The molecule has 0 saturated heterocycles. The van der Waals surface area contributed by atoms with Gasteiger partial charge in [-0.3, -0.25) is 14.4 Å². The number of furan rings is 1. The third-order valence-electron chi connectivity index (χ3n) is 4.93. The van der Waals surface area contributed by atoms with Gasteiger partial charge < -0.3 is 23.9 Å². The van der Waals surface area contributed by atoms with Crippen LogP contribution in [0, 0.1) is 5.82 Å². The molecule has 0 atom stereocenters. The normalized spacial score (nSPS) is 13.1. The van der Waals surface area contributed by atoms with Crippen LogP contribution in [0.1, 0.15) is 26.6 Å². The lowest BCUT2D eigenvalue weighted by atomic mass is 10.2. The number of amides is 2. The van der Waals surface area contributed by atoms with Crippen molar-refractivity contribution in [3.8, 4) is 5.75 Å². The zero-order valence-corrected chi connectivity index (χ0v) is 16.5. The molecule has 31 heavy (non-hydrogen) atoms. The lowest BCUT2D eigenvalue weighted by Gasteiger charge is -2.30. The van der Waals surface area contributed by atoms with Gasteiger partial charge in [-0.1, -0.05) is 12.1 Å². The van der Waals surface area contributed by atoms with Gasteiger partial charge in [0, 0.05) is 32.2 Å². The van der Waals surface area contributed by atoms with Crippen LogP contribution in [0.3, 0.4) is 0 Å². The summed E-state index contributed by atoms with van der Waals surface area (Å²) in [6.07, 6.45) is 2.94. The number of pyridine rings is 1. The van der Waals surface area contributed by atoms with Crippen LogP contribution in [-0.2, 0) is 13.2 Å². The fourth-order valence-electron chi connectivity index (χ4n) is 3.28. The molecule has 0 saturated carbocycles. The minimum Gasteiger partial charge on any atom is -0.483 e.